The molecule has 0 bridgehead atoms. The zero-order valence-corrected chi connectivity index (χ0v) is 9.19. The van der Waals surface area contributed by atoms with Crippen molar-refractivity contribution in [3.05, 3.63) is 39.9 Å². The van der Waals surface area contributed by atoms with Crippen LogP contribution in [0.25, 0.3) is 0 Å². The molecule has 0 aromatic heterocycles. The van der Waals surface area contributed by atoms with Gasteiger partial charge >= 0.3 is 12.1 Å². The van der Waals surface area contributed by atoms with E-state index in [0.717, 1.165) is 6.07 Å². The Morgan fingerprint density at radius 2 is 2.06 bits per heavy atom. The maximum absolute atomic E-state index is 12.0. The number of hydrogen-bond donors (Lipinski definition) is 1. The number of carbonyl (C=O) groups excluding carboxylic acids is 1. The number of nitro benzene ring substituents is 1. The molecule has 1 N–H and O–H groups in total. The monoisotopic (exact) mass is 262 g/mol. The predicted octanol–water partition coefficient (Wildman–Crippen LogP) is 2.33. The van der Waals surface area contributed by atoms with Crippen LogP contribution >= 0.6 is 0 Å². The van der Waals surface area contributed by atoms with Crippen LogP contribution in [-0.4, -0.2) is 17.0 Å². The summed E-state index contributed by atoms with van der Waals surface area (Å²) in [6, 6.07) is 4.08. The molecule has 0 aliphatic carbocycles. The fourth-order valence-corrected chi connectivity index (χ4v) is 1.27. The van der Waals surface area contributed by atoms with Gasteiger partial charge in [0.1, 0.15) is 0 Å². The van der Waals surface area contributed by atoms with Gasteiger partial charge in [0.15, 0.2) is 0 Å². The second kappa shape index (κ2) is 5.03. The first-order valence-electron chi connectivity index (χ1n) is 4.84. The second-order valence-electron chi connectivity index (χ2n) is 3.55. The Morgan fingerprint density at radius 3 is 2.56 bits per heavy atom. The number of nitrogens with zero attached hydrogens (tertiary/aromatic N) is 1. The Bertz CT molecular complexity index is 474. The number of alkyl halides is 3. The Kier molecular flexibility index (Phi) is 3.89. The number of nitrogens with one attached hydrogen (secondary N) is 1. The minimum Gasteiger partial charge on any atom is -0.342 e. The highest BCUT2D eigenvalue weighted by atomic mass is 19.4. The van der Waals surface area contributed by atoms with Gasteiger partial charge in [0, 0.05) is 12.1 Å². The summed E-state index contributed by atoms with van der Waals surface area (Å²) in [5.74, 6) is -2.08. The largest absolute Gasteiger partial charge is 0.471 e. The molecule has 1 rings (SSSR count). The van der Waals surface area contributed by atoms with Gasteiger partial charge in [-0.25, -0.2) is 0 Å². The quantitative estimate of drug-likeness (QED) is 0.671. The van der Waals surface area contributed by atoms with Crippen LogP contribution in [0.2, 0.25) is 0 Å². The smallest absolute Gasteiger partial charge is 0.342 e. The fourth-order valence-electron chi connectivity index (χ4n) is 1.27. The summed E-state index contributed by atoms with van der Waals surface area (Å²) in [6.07, 6.45) is -4.98. The summed E-state index contributed by atoms with van der Waals surface area (Å²) in [5.41, 5.74) is -0.0255. The van der Waals surface area contributed by atoms with E-state index in [1.54, 1.807) is 5.32 Å². The standard InChI is InChI=1S/C10H9F3N2O3/c1-6(14-9(16)10(11,12)13)7-3-2-4-8(5-7)15(17)18/h2-6H,1H3,(H,14,16). The van der Waals surface area contributed by atoms with Gasteiger partial charge in [0.2, 0.25) is 0 Å². The molecule has 0 fully saturated rings. The van der Waals surface area contributed by atoms with E-state index in [9.17, 15) is 28.1 Å². The number of rotatable bonds is 3. The van der Waals surface area contributed by atoms with Crippen LogP contribution < -0.4 is 5.32 Å². The van der Waals surface area contributed by atoms with Gasteiger partial charge in [0.25, 0.3) is 5.69 Å². The summed E-state index contributed by atoms with van der Waals surface area (Å²) in [7, 11) is 0. The molecule has 1 aromatic rings. The average Bonchev–Trinajstić information content (AvgIpc) is 2.27. The van der Waals surface area contributed by atoms with Crippen LogP contribution in [0.3, 0.4) is 0 Å². The van der Waals surface area contributed by atoms with Crippen LogP contribution in [0.1, 0.15) is 18.5 Å². The highest BCUT2D eigenvalue weighted by Gasteiger charge is 2.39. The van der Waals surface area contributed by atoms with Crippen LogP contribution in [0.5, 0.6) is 0 Å². The maximum Gasteiger partial charge on any atom is 0.471 e. The molecule has 18 heavy (non-hydrogen) atoms. The summed E-state index contributed by atoms with van der Waals surface area (Å²) < 4.78 is 36.0. The van der Waals surface area contributed by atoms with Crippen molar-refractivity contribution in [2.75, 3.05) is 0 Å². The van der Waals surface area contributed by atoms with E-state index in [0.29, 0.717) is 0 Å². The number of non-ortho nitro benzene ring substituents is 1. The molecular formula is C10H9F3N2O3. The lowest BCUT2D eigenvalue weighted by Crippen LogP contribution is -2.38. The molecule has 0 radical (unpaired) electrons. The lowest BCUT2D eigenvalue weighted by atomic mass is 10.1. The van der Waals surface area contributed by atoms with E-state index in [1.807, 2.05) is 0 Å². The first kappa shape index (κ1) is 13.9. The fraction of sp³-hybridized carbons (Fsp3) is 0.300. The predicted molar refractivity (Wildman–Crippen MR) is 55.7 cm³/mol. The first-order valence-corrected chi connectivity index (χ1v) is 4.84. The van der Waals surface area contributed by atoms with E-state index in [2.05, 4.69) is 0 Å². The third-order valence-electron chi connectivity index (χ3n) is 2.19. The van der Waals surface area contributed by atoms with E-state index in [4.69, 9.17) is 0 Å². The Labute approximate surface area is 99.8 Å². The van der Waals surface area contributed by atoms with Crippen molar-refractivity contribution < 1.29 is 22.9 Å². The topological polar surface area (TPSA) is 72.2 Å². The van der Waals surface area contributed by atoms with Gasteiger partial charge in [0.05, 0.1) is 11.0 Å². The highest BCUT2D eigenvalue weighted by molar-refractivity contribution is 5.82. The molecule has 1 atom stereocenters. The molecule has 8 heteroatoms. The number of hydrogen-bond acceptors (Lipinski definition) is 3. The zero-order chi connectivity index (χ0) is 13.9. The summed E-state index contributed by atoms with van der Waals surface area (Å²) >= 11 is 0. The third kappa shape index (κ3) is 3.44. The lowest BCUT2D eigenvalue weighted by molar-refractivity contribution is -0.384. The van der Waals surface area contributed by atoms with E-state index in [-0.39, 0.29) is 11.3 Å². The van der Waals surface area contributed by atoms with Gasteiger partial charge in [-0.05, 0) is 12.5 Å². The van der Waals surface area contributed by atoms with Crippen molar-refractivity contribution in [3.63, 3.8) is 0 Å². The number of amides is 1. The molecular weight excluding hydrogens is 253 g/mol. The molecule has 0 aliphatic heterocycles. The molecule has 0 spiro atoms. The average molecular weight is 262 g/mol. The van der Waals surface area contributed by atoms with Crippen molar-refractivity contribution in [2.24, 2.45) is 0 Å². The highest BCUT2D eigenvalue weighted by Crippen LogP contribution is 2.21. The zero-order valence-electron chi connectivity index (χ0n) is 9.19. The molecule has 5 nitrogen and oxygen atoms in total. The van der Waals surface area contributed by atoms with Crippen molar-refractivity contribution in [2.45, 2.75) is 19.1 Å². The lowest BCUT2D eigenvalue weighted by Gasteiger charge is -2.15. The second-order valence-corrected chi connectivity index (χ2v) is 3.55. The Hall–Kier alpha value is -2.12. The van der Waals surface area contributed by atoms with E-state index >= 15 is 0 Å². The molecule has 0 saturated heterocycles. The minimum atomic E-state index is -4.98. The number of halogens is 3. The Morgan fingerprint density at radius 1 is 1.44 bits per heavy atom. The minimum absolute atomic E-state index is 0.224. The van der Waals surface area contributed by atoms with Crippen LogP contribution in [0.4, 0.5) is 18.9 Å². The summed E-state index contributed by atoms with van der Waals surface area (Å²) in [5, 5.41) is 12.2. The first-order chi connectivity index (χ1) is 8.21. The van der Waals surface area contributed by atoms with Gasteiger partial charge in [-0.1, -0.05) is 12.1 Å². The van der Waals surface area contributed by atoms with Crippen molar-refractivity contribution in [1.82, 2.24) is 5.32 Å². The third-order valence-corrected chi connectivity index (χ3v) is 2.19. The van der Waals surface area contributed by atoms with E-state index in [1.165, 1.54) is 25.1 Å². The SMILES string of the molecule is CC(NC(=O)C(F)(F)F)c1cccc([N+](=O)[O-])c1. The molecule has 0 saturated carbocycles. The van der Waals surface area contributed by atoms with Crippen molar-refractivity contribution >= 4 is 11.6 Å². The molecule has 98 valence electrons. The van der Waals surface area contributed by atoms with Crippen molar-refractivity contribution in [3.8, 4) is 0 Å². The van der Waals surface area contributed by atoms with Gasteiger partial charge in [-0.15, -0.1) is 0 Å². The maximum atomic E-state index is 12.0. The summed E-state index contributed by atoms with van der Waals surface area (Å²) in [6.45, 7) is 1.31. The molecule has 1 aromatic carbocycles. The number of nitro groups is 1. The molecule has 0 heterocycles. The van der Waals surface area contributed by atoms with Crippen LogP contribution in [0, 0.1) is 10.1 Å². The number of carbonyl (C=O) groups is 1. The molecule has 1 amide bonds. The number of benzene rings is 1. The van der Waals surface area contributed by atoms with E-state index < -0.39 is 23.0 Å². The van der Waals surface area contributed by atoms with Crippen LogP contribution in [-0.2, 0) is 4.79 Å². The summed E-state index contributed by atoms with van der Waals surface area (Å²) in [4.78, 5) is 20.5. The molecule has 0 aliphatic rings. The normalized spacial score (nSPS) is 12.9. The molecule has 1 unspecified atom stereocenters. The van der Waals surface area contributed by atoms with Gasteiger partial charge in [-0.2, -0.15) is 13.2 Å². The van der Waals surface area contributed by atoms with Gasteiger partial charge in [-0.3, -0.25) is 14.9 Å². The Balaban J connectivity index is 2.85. The van der Waals surface area contributed by atoms with Gasteiger partial charge < -0.3 is 5.32 Å². The van der Waals surface area contributed by atoms with Crippen LogP contribution in [0.15, 0.2) is 24.3 Å². The van der Waals surface area contributed by atoms with Crippen molar-refractivity contribution in [1.29, 1.82) is 0 Å².